The van der Waals surface area contributed by atoms with Crippen LogP contribution in [0, 0.1) is 5.82 Å². The van der Waals surface area contributed by atoms with Gasteiger partial charge in [-0.2, -0.15) is 5.10 Å². The Balaban J connectivity index is 1.50. The monoisotopic (exact) mass is 339 g/mol. The number of furan rings is 1. The second-order valence-corrected chi connectivity index (χ2v) is 6.32. The van der Waals surface area contributed by atoms with Crippen molar-refractivity contribution in [3.8, 4) is 11.3 Å². The lowest BCUT2D eigenvalue weighted by molar-refractivity contribution is 0.0705. The van der Waals surface area contributed by atoms with Crippen molar-refractivity contribution >= 4 is 5.91 Å². The van der Waals surface area contributed by atoms with Crippen molar-refractivity contribution in [2.45, 2.75) is 18.8 Å². The molecule has 0 radical (unpaired) electrons. The zero-order valence-corrected chi connectivity index (χ0v) is 13.6. The van der Waals surface area contributed by atoms with Crippen molar-refractivity contribution in [2.75, 3.05) is 13.1 Å². The largest absolute Gasteiger partial charge is 0.472 e. The van der Waals surface area contributed by atoms with Gasteiger partial charge in [-0.25, -0.2) is 4.39 Å². The summed E-state index contributed by atoms with van der Waals surface area (Å²) in [6.07, 6.45) is 4.94. The van der Waals surface area contributed by atoms with Gasteiger partial charge >= 0.3 is 0 Å². The summed E-state index contributed by atoms with van der Waals surface area (Å²) >= 11 is 0. The number of carbonyl (C=O) groups is 1. The average molecular weight is 339 g/mol. The highest BCUT2D eigenvalue weighted by atomic mass is 19.1. The third-order valence-corrected chi connectivity index (χ3v) is 4.65. The molecule has 1 aliphatic rings. The van der Waals surface area contributed by atoms with Gasteiger partial charge in [0.1, 0.15) is 12.1 Å². The molecule has 25 heavy (non-hydrogen) atoms. The third-order valence-electron chi connectivity index (χ3n) is 4.65. The Hall–Kier alpha value is -2.89. The van der Waals surface area contributed by atoms with E-state index < -0.39 is 0 Å². The SMILES string of the molecule is O=C(c1ccoc1)N1CCC[C@H](c2cc(-c3ccc(F)cc3)n[nH]2)C1. The molecule has 4 rings (SSSR count). The van der Waals surface area contributed by atoms with Crippen molar-refractivity contribution in [1.82, 2.24) is 15.1 Å². The highest BCUT2D eigenvalue weighted by Gasteiger charge is 2.27. The number of aromatic nitrogens is 2. The minimum atomic E-state index is -0.264. The maximum absolute atomic E-state index is 13.1. The smallest absolute Gasteiger partial charge is 0.257 e. The Morgan fingerprint density at radius 3 is 2.88 bits per heavy atom. The molecule has 1 atom stereocenters. The van der Waals surface area contributed by atoms with Crippen LogP contribution in [0.25, 0.3) is 11.3 Å². The van der Waals surface area contributed by atoms with E-state index in [4.69, 9.17) is 4.42 Å². The van der Waals surface area contributed by atoms with Gasteiger partial charge in [-0.1, -0.05) is 0 Å². The molecule has 6 heteroatoms. The number of halogens is 1. The number of nitrogens with one attached hydrogen (secondary N) is 1. The van der Waals surface area contributed by atoms with Crippen molar-refractivity contribution in [2.24, 2.45) is 0 Å². The number of rotatable bonds is 3. The standard InChI is InChI=1S/C19H18FN3O2/c20-16-5-3-13(4-6-16)17-10-18(22-21-17)14-2-1-8-23(11-14)19(24)15-7-9-25-12-15/h3-7,9-10,12,14H,1-2,8,11H2,(H,21,22)/t14-/m0/s1. The number of H-pyrrole nitrogens is 1. The van der Waals surface area contributed by atoms with E-state index in [9.17, 15) is 9.18 Å². The molecular formula is C19H18FN3O2. The minimum Gasteiger partial charge on any atom is -0.472 e. The molecule has 3 aromatic rings. The van der Waals surface area contributed by atoms with Crippen LogP contribution < -0.4 is 0 Å². The van der Waals surface area contributed by atoms with E-state index in [0.717, 1.165) is 36.3 Å². The molecular weight excluding hydrogens is 321 g/mol. The van der Waals surface area contributed by atoms with Gasteiger partial charge in [0.15, 0.2) is 0 Å². The van der Waals surface area contributed by atoms with Crippen LogP contribution in [0.5, 0.6) is 0 Å². The summed E-state index contributed by atoms with van der Waals surface area (Å²) in [6, 6.07) is 9.96. The highest BCUT2D eigenvalue weighted by Crippen LogP contribution is 2.29. The van der Waals surface area contributed by atoms with E-state index in [-0.39, 0.29) is 17.6 Å². The maximum Gasteiger partial charge on any atom is 0.257 e. The normalized spacial score (nSPS) is 17.6. The molecule has 128 valence electrons. The van der Waals surface area contributed by atoms with Crippen LogP contribution in [0.4, 0.5) is 4.39 Å². The lowest BCUT2D eigenvalue weighted by atomic mass is 9.94. The van der Waals surface area contributed by atoms with Gasteiger partial charge in [0, 0.05) is 30.3 Å². The zero-order chi connectivity index (χ0) is 17.2. The van der Waals surface area contributed by atoms with Crippen LogP contribution in [0.1, 0.15) is 34.8 Å². The summed E-state index contributed by atoms with van der Waals surface area (Å²) in [5.74, 6) is -0.0526. The summed E-state index contributed by atoms with van der Waals surface area (Å²) in [4.78, 5) is 14.4. The van der Waals surface area contributed by atoms with Gasteiger partial charge in [0.2, 0.25) is 0 Å². The van der Waals surface area contributed by atoms with Crippen LogP contribution >= 0.6 is 0 Å². The molecule has 0 aliphatic carbocycles. The number of nitrogens with zero attached hydrogens (tertiary/aromatic N) is 2. The lowest BCUT2D eigenvalue weighted by Crippen LogP contribution is -2.39. The number of aromatic amines is 1. The minimum absolute atomic E-state index is 0.00303. The Kier molecular flexibility index (Phi) is 4.09. The molecule has 1 N–H and O–H groups in total. The number of likely N-dealkylation sites (tertiary alicyclic amines) is 1. The zero-order valence-electron chi connectivity index (χ0n) is 13.6. The fraction of sp³-hybridized carbons (Fsp3) is 0.263. The molecule has 0 unspecified atom stereocenters. The molecule has 1 fully saturated rings. The van der Waals surface area contributed by atoms with E-state index in [1.54, 1.807) is 18.2 Å². The summed E-state index contributed by atoms with van der Waals surface area (Å²) in [5.41, 5.74) is 3.24. The number of hydrogen-bond donors (Lipinski definition) is 1. The van der Waals surface area contributed by atoms with E-state index in [0.29, 0.717) is 12.1 Å². The van der Waals surface area contributed by atoms with Gasteiger partial charge in [-0.05, 0) is 49.2 Å². The highest BCUT2D eigenvalue weighted by molar-refractivity contribution is 5.93. The summed E-state index contributed by atoms with van der Waals surface area (Å²) in [5, 5.41) is 7.43. The fourth-order valence-corrected chi connectivity index (χ4v) is 3.30. The number of benzene rings is 1. The van der Waals surface area contributed by atoms with Crippen LogP contribution in [-0.2, 0) is 0 Å². The summed E-state index contributed by atoms with van der Waals surface area (Å²) < 4.78 is 18.1. The van der Waals surface area contributed by atoms with Crippen molar-refractivity contribution < 1.29 is 13.6 Å². The molecule has 0 spiro atoms. The number of amides is 1. The molecule has 0 bridgehead atoms. The van der Waals surface area contributed by atoms with E-state index in [1.165, 1.54) is 24.7 Å². The van der Waals surface area contributed by atoms with Gasteiger partial charge in [0.05, 0.1) is 17.5 Å². The van der Waals surface area contributed by atoms with Crippen LogP contribution in [0.2, 0.25) is 0 Å². The first-order valence-corrected chi connectivity index (χ1v) is 8.33. The molecule has 0 saturated carbocycles. The second-order valence-electron chi connectivity index (χ2n) is 6.32. The summed E-state index contributed by atoms with van der Waals surface area (Å²) in [7, 11) is 0. The van der Waals surface area contributed by atoms with Crippen LogP contribution in [0.3, 0.4) is 0 Å². The molecule has 1 saturated heterocycles. The first-order chi connectivity index (χ1) is 12.2. The molecule has 1 aliphatic heterocycles. The predicted molar refractivity (Wildman–Crippen MR) is 90.6 cm³/mol. The summed E-state index contributed by atoms with van der Waals surface area (Å²) in [6.45, 7) is 1.40. The topological polar surface area (TPSA) is 62.1 Å². The molecule has 1 amide bonds. The average Bonchev–Trinajstić information content (AvgIpc) is 3.34. The second kappa shape index (κ2) is 6.55. The molecule has 1 aromatic carbocycles. The maximum atomic E-state index is 13.1. The first-order valence-electron chi connectivity index (χ1n) is 8.33. The fourth-order valence-electron chi connectivity index (χ4n) is 3.30. The molecule has 2 aromatic heterocycles. The Morgan fingerprint density at radius 1 is 1.28 bits per heavy atom. The number of piperidine rings is 1. The Morgan fingerprint density at radius 2 is 2.12 bits per heavy atom. The number of hydrogen-bond acceptors (Lipinski definition) is 3. The Labute approximate surface area is 144 Å². The van der Waals surface area contributed by atoms with Crippen molar-refractivity contribution in [3.63, 3.8) is 0 Å². The van der Waals surface area contributed by atoms with Gasteiger partial charge in [0.25, 0.3) is 5.91 Å². The van der Waals surface area contributed by atoms with Gasteiger partial charge in [-0.15, -0.1) is 0 Å². The van der Waals surface area contributed by atoms with E-state index in [1.807, 2.05) is 11.0 Å². The first kappa shape index (κ1) is 15.6. The third kappa shape index (κ3) is 3.20. The van der Waals surface area contributed by atoms with E-state index in [2.05, 4.69) is 10.2 Å². The Bertz CT molecular complexity index is 855. The van der Waals surface area contributed by atoms with Crippen LogP contribution in [-0.4, -0.2) is 34.1 Å². The van der Waals surface area contributed by atoms with Gasteiger partial charge in [-0.3, -0.25) is 9.89 Å². The molecule has 3 heterocycles. The number of carbonyl (C=O) groups excluding carboxylic acids is 1. The quantitative estimate of drug-likeness (QED) is 0.789. The van der Waals surface area contributed by atoms with Crippen molar-refractivity contribution in [1.29, 1.82) is 0 Å². The van der Waals surface area contributed by atoms with Gasteiger partial charge < -0.3 is 9.32 Å². The van der Waals surface area contributed by atoms with E-state index >= 15 is 0 Å². The predicted octanol–water partition coefficient (Wildman–Crippen LogP) is 3.83. The lowest BCUT2D eigenvalue weighted by Gasteiger charge is -2.32. The molecule has 5 nitrogen and oxygen atoms in total. The van der Waals surface area contributed by atoms with Crippen LogP contribution in [0.15, 0.2) is 53.3 Å². The van der Waals surface area contributed by atoms with Crippen molar-refractivity contribution in [3.05, 3.63) is 66.0 Å².